The SMILES string of the molecule is C=Cc1c(N=C)ccc(Nc2ncnc3cc(/C(C=NC)=C/N)cc(O[C@@H](C)C4COC4)c23)c1F. The zero-order valence-electron chi connectivity index (χ0n) is 19.7. The van der Waals surface area contributed by atoms with E-state index in [1.807, 2.05) is 19.1 Å². The number of aliphatic imine (C=N–C) groups is 2. The number of ether oxygens (including phenoxy) is 2. The van der Waals surface area contributed by atoms with Crippen molar-refractivity contribution in [1.29, 1.82) is 0 Å². The molecule has 1 fully saturated rings. The highest BCUT2D eigenvalue weighted by atomic mass is 19.1. The minimum Gasteiger partial charge on any atom is -0.489 e. The smallest absolute Gasteiger partial charge is 0.156 e. The van der Waals surface area contributed by atoms with Gasteiger partial charge in [-0.05, 0) is 43.5 Å². The van der Waals surface area contributed by atoms with Crippen LogP contribution in [0.2, 0.25) is 0 Å². The first-order valence-corrected chi connectivity index (χ1v) is 11.1. The number of fused-ring (bicyclic) bond motifs is 1. The lowest BCUT2D eigenvalue weighted by molar-refractivity contribution is -0.0773. The molecular formula is C26H27FN6O2. The zero-order chi connectivity index (χ0) is 24.9. The predicted molar refractivity (Wildman–Crippen MR) is 140 cm³/mol. The van der Waals surface area contributed by atoms with Gasteiger partial charge in [-0.2, -0.15) is 0 Å². The van der Waals surface area contributed by atoms with Crippen molar-refractivity contribution in [3.8, 4) is 5.75 Å². The third-order valence-electron chi connectivity index (χ3n) is 5.91. The summed E-state index contributed by atoms with van der Waals surface area (Å²) < 4.78 is 26.9. The van der Waals surface area contributed by atoms with E-state index >= 15 is 4.39 Å². The maximum atomic E-state index is 15.2. The summed E-state index contributed by atoms with van der Waals surface area (Å²) in [6.07, 6.45) is 5.83. The highest BCUT2D eigenvalue weighted by Crippen LogP contribution is 2.37. The Morgan fingerprint density at radius 2 is 2.14 bits per heavy atom. The Labute approximate surface area is 203 Å². The van der Waals surface area contributed by atoms with Crippen LogP contribution in [0.3, 0.4) is 0 Å². The van der Waals surface area contributed by atoms with E-state index in [2.05, 4.69) is 38.6 Å². The molecule has 9 heteroatoms. The lowest BCUT2D eigenvalue weighted by Gasteiger charge is -2.32. The molecule has 1 atom stereocenters. The van der Waals surface area contributed by atoms with Gasteiger partial charge in [0.05, 0.1) is 35.5 Å². The molecule has 4 rings (SSSR count). The van der Waals surface area contributed by atoms with Gasteiger partial charge in [0.1, 0.15) is 24.0 Å². The van der Waals surface area contributed by atoms with Gasteiger partial charge in [-0.3, -0.25) is 9.98 Å². The van der Waals surface area contributed by atoms with Gasteiger partial charge in [-0.15, -0.1) is 0 Å². The van der Waals surface area contributed by atoms with Crippen LogP contribution in [0.4, 0.5) is 21.6 Å². The third kappa shape index (κ3) is 4.76. The van der Waals surface area contributed by atoms with Crippen molar-refractivity contribution in [2.24, 2.45) is 21.6 Å². The summed E-state index contributed by atoms with van der Waals surface area (Å²) in [5, 5.41) is 3.70. The Kier molecular flexibility index (Phi) is 7.17. The minimum absolute atomic E-state index is 0.123. The van der Waals surface area contributed by atoms with Crippen LogP contribution in [0.5, 0.6) is 5.75 Å². The van der Waals surface area contributed by atoms with E-state index < -0.39 is 5.82 Å². The number of hydrogen-bond acceptors (Lipinski definition) is 8. The molecule has 0 spiro atoms. The second-order valence-corrected chi connectivity index (χ2v) is 8.07. The second-order valence-electron chi connectivity index (χ2n) is 8.07. The van der Waals surface area contributed by atoms with Crippen molar-refractivity contribution in [3.05, 3.63) is 60.3 Å². The van der Waals surface area contributed by atoms with Crippen molar-refractivity contribution < 1.29 is 13.9 Å². The van der Waals surface area contributed by atoms with Gasteiger partial charge in [0.2, 0.25) is 0 Å². The summed E-state index contributed by atoms with van der Waals surface area (Å²) in [4.78, 5) is 16.8. The Morgan fingerprint density at radius 1 is 1.34 bits per heavy atom. The Bertz CT molecular complexity index is 1330. The van der Waals surface area contributed by atoms with E-state index in [4.69, 9.17) is 15.2 Å². The molecule has 0 radical (unpaired) electrons. The maximum absolute atomic E-state index is 15.2. The second kappa shape index (κ2) is 10.4. The van der Waals surface area contributed by atoms with E-state index in [9.17, 15) is 0 Å². The highest BCUT2D eigenvalue weighted by molar-refractivity contribution is 6.11. The van der Waals surface area contributed by atoms with Crippen LogP contribution in [0.1, 0.15) is 18.1 Å². The molecule has 3 aromatic rings. The standard InChI is InChI=1S/C26H27FN6O2/c1-5-19-20(30-4)6-7-21(25(19)27)33-26-24-22(31-14-32-26)8-16(17(10-28)11-29-3)9-23(24)35-15(2)18-12-34-13-18/h5-11,14-15,18H,1,4,12-13,28H2,2-3H3,(H,31,32,33)/b17-10+,29-11?/t15-/m0/s1. The fraction of sp³-hybridized carbons (Fsp3) is 0.231. The molecule has 180 valence electrons. The monoisotopic (exact) mass is 474 g/mol. The number of nitrogens with zero attached hydrogens (tertiary/aromatic N) is 4. The van der Waals surface area contributed by atoms with Crippen LogP contribution in [-0.2, 0) is 4.74 Å². The van der Waals surface area contributed by atoms with Crippen molar-refractivity contribution in [3.63, 3.8) is 0 Å². The molecule has 1 saturated heterocycles. The molecule has 2 aromatic carbocycles. The molecule has 0 unspecified atom stereocenters. The lowest BCUT2D eigenvalue weighted by atomic mass is 10.0. The summed E-state index contributed by atoms with van der Waals surface area (Å²) in [6, 6.07) is 6.97. The summed E-state index contributed by atoms with van der Waals surface area (Å²) in [7, 11) is 1.67. The highest BCUT2D eigenvalue weighted by Gasteiger charge is 2.28. The van der Waals surface area contributed by atoms with Gasteiger partial charge in [0, 0.05) is 36.5 Å². The average Bonchev–Trinajstić information content (AvgIpc) is 2.82. The first kappa shape index (κ1) is 24.0. The van der Waals surface area contributed by atoms with Crippen LogP contribution in [0.25, 0.3) is 22.6 Å². The number of benzene rings is 2. The Balaban J connectivity index is 1.85. The predicted octanol–water partition coefficient (Wildman–Crippen LogP) is 4.90. The largest absolute Gasteiger partial charge is 0.489 e. The zero-order valence-corrected chi connectivity index (χ0v) is 19.7. The summed E-state index contributed by atoms with van der Waals surface area (Å²) in [6.45, 7) is 10.4. The van der Waals surface area contributed by atoms with Crippen LogP contribution < -0.4 is 15.8 Å². The minimum atomic E-state index is -0.511. The van der Waals surface area contributed by atoms with Gasteiger partial charge >= 0.3 is 0 Å². The topological polar surface area (TPSA) is 107 Å². The normalized spacial score (nSPS) is 15.1. The van der Waals surface area contributed by atoms with Crippen molar-refractivity contribution in [1.82, 2.24) is 9.97 Å². The Morgan fingerprint density at radius 3 is 2.77 bits per heavy atom. The third-order valence-corrected chi connectivity index (χ3v) is 5.91. The maximum Gasteiger partial charge on any atom is 0.156 e. The van der Waals surface area contributed by atoms with Gasteiger partial charge in [-0.1, -0.05) is 12.7 Å². The molecule has 0 bridgehead atoms. The number of anilines is 2. The number of aromatic nitrogens is 2. The molecule has 1 aliphatic heterocycles. The average molecular weight is 475 g/mol. The molecule has 1 aromatic heterocycles. The molecule has 0 amide bonds. The van der Waals surface area contributed by atoms with Crippen LogP contribution in [0.15, 0.2) is 53.4 Å². The first-order chi connectivity index (χ1) is 17.0. The van der Waals surface area contributed by atoms with E-state index in [0.29, 0.717) is 46.9 Å². The molecule has 35 heavy (non-hydrogen) atoms. The molecule has 0 saturated carbocycles. The molecule has 2 heterocycles. The molecule has 1 aliphatic rings. The first-order valence-electron chi connectivity index (χ1n) is 11.1. The van der Waals surface area contributed by atoms with Crippen LogP contribution >= 0.6 is 0 Å². The molecular weight excluding hydrogens is 447 g/mol. The lowest BCUT2D eigenvalue weighted by Crippen LogP contribution is -2.39. The quantitative estimate of drug-likeness (QED) is 0.427. The van der Waals surface area contributed by atoms with E-state index in [1.165, 1.54) is 18.6 Å². The summed E-state index contributed by atoms with van der Waals surface area (Å²) >= 11 is 0. The van der Waals surface area contributed by atoms with E-state index in [-0.39, 0.29) is 23.3 Å². The number of allylic oxidation sites excluding steroid dienone is 1. The molecule has 3 N–H and O–H groups in total. The number of halogens is 1. The van der Waals surface area contributed by atoms with Gasteiger partial charge < -0.3 is 20.5 Å². The van der Waals surface area contributed by atoms with Crippen molar-refractivity contribution in [2.45, 2.75) is 13.0 Å². The van der Waals surface area contributed by atoms with Crippen LogP contribution in [-0.4, -0.2) is 49.3 Å². The molecule has 8 nitrogen and oxygen atoms in total. The van der Waals surface area contributed by atoms with Gasteiger partial charge in [0.25, 0.3) is 0 Å². The number of rotatable bonds is 9. The molecule has 0 aliphatic carbocycles. The van der Waals surface area contributed by atoms with Crippen LogP contribution in [0, 0.1) is 11.7 Å². The summed E-state index contributed by atoms with van der Waals surface area (Å²) in [5.41, 5.74) is 8.80. The van der Waals surface area contributed by atoms with E-state index in [1.54, 1.807) is 25.4 Å². The number of nitrogens with two attached hydrogens (primary N) is 1. The van der Waals surface area contributed by atoms with Gasteiger partial charge in [-0.25, -0.2) is 14.4 Å². The fourth-order valence-corrected chi connectivity index (χ4v) is 3.82. The fourth-order valence-electron chi connectivity index (χ4n) is 3.82. The van der Waals surface area contributed by atoms with E-state index in [0.717, 1.165) is 5.56 Å². The van der Waals surface area contributed by atoms with Gasteiger partial charge in [0.15, 0.2) is 5.82 Å². The number of nitrogens with one attached hydrogen (secondary N) is 1. The Hall–Kier alpha value is -4.11. The van der Waals surface area contributed by atoms with Crippen molar-refractivity contribution >= 4 is 52.7 Å². The number of hydrogen-bond donors (Lipinski definition) is 2. The summed E-state index contributed by atoms with van der Waals surface area (Å²) in [5.74, 6) is 0.688. The van der Waals surface area contributed by atoms with Crippen molar-refractivity contribution in [2.75, 3.05) is 25.6 Å².